The lowest BCUT2D eigenvalue weighted by Crippen LogP contribution is -2.41. The molecule has 3 rings (SSSR count). The number of guanidine groups is 1. The van der Waals surface area contributed by atoms with E-state index >= 15 is 0 Å². The number of methoxy groups -OCH3 is 3. The smallest absolute Gasteiger partial charge is 0.203 e. The van der Waals surface area contributed by atoms with Gasteiger partial charge in [-0.05, 0) is 49.1 Å². The van der Waals surface area contributed by atoms with Gasteiger partial charge in [-0.1, -0.05) is 18.2 Å². The summed E-state index contributed by atoms with van der Waals surface area (Å²) in [6, 6.07) is 10.8. The van der Waals surface area contributed by atoms with E-state index in [1.807, 2.05) is 31.2 Å². The van der Waals surface area contributed by atoms with Gasteiger partial charge in [-0.15, -0.1) is 0 Å². The van der Waals surface area contributed by atoms with Crippen LogP contribution in [0.15, 0.2) is 41.4 Å². The van der Waals surface area contributed by atoms with Crippen LogP contribution in [-0.2, 0) is 12.0 Å². The highest BCUT2D eigenvalue weighted by Crippen LogP contribution is 2.48. The Morgan fingerprint density at radius 3 is 2.23 bits per heavy atom. The third kappa shape index (κ3) is 4.78. The van der Waals surface area contributed by atoms with Crippen molar-refractivity contribution in [3.63, 3.8) is 0 Å². The molecule has 0 spiro atoms. The first-order valence-electron chi connectivity index (χ1n) is 10.1. The summed E-state index contributed by atoms with van der Waals surface area (Å²) in [5.74, 6) is 2.29. The second-order valence-corrected chi connectivity index (χ2v) is 7.34. The molecule has 0 aromatic heterocycles. The molecule has 0 aliphatic heterocycles. The topological polar surface area (TPSA) is 64.1 Å². The molecule has 0 atom stereocenters. The average Bonchev–Trinajstić information content (AvgIpc) is 3.56. The summed E-state index contributed by atoms with van der Waals surface area (Å²) in [7, 11) is 4.76. The van der Waals surface area contributed by atoms with Gasteiger partial charge in [-0.25, -0.2) is 9.38 Å². The third-order valence-electron chi connectivity index (χ3n) is 5.38. The standard InChI is InChI=1S/C23H30FN3O3/c1-5-25-22(27-15-23(10-11-23)17-8-6-7-9-18(17)24)26-14-16-12-19(28-2)21(30-4)20(13-16)29-3/h6-9,12-13H,5,10-11,14-15H2,1-4H3,(H2,25,26,27). The van der Waals surface area contributed by atoms with Crippen LogP contribution < -0.4 is 24.8 Å². The van der Waals surface area contributed by atoms with E-state index in [-0.39, 0.29) is 11.2 Å². The fraction of sp³-hybridized carbons (Fsp3) is 0.435. The van der Waals surface area contributed by atoms with Gasteiger partial charge < -0.3 is 24.8 Å². The first-order valence-corrected chi connectivity index (χ1v) is 10.1. The van der Waals surface area contributed by atoms with Crippen molar-refractivity contribution in [1.29, 1.82) is 0 Å². The fourth-order valence-electron chi connectivity index (χ4n) is 3.58. The van der Waals surface area contributed by atoms with Crippen LogP contribution in [0.1, 0.15) is 30.9 Å². The summed E-state index contributed by atoms with van der Waals surface area (Å²) in [5.41, 5.74) is 1.54. The number of halogens is 1. The van der Waals surface area contributed by atoms with Gasteiger partial charge in [-0.3, -0.25) is 0 Å². The van der Waals surface area contributed by atoms with Crippen molar-refractivity contribution in [1.82, 2.24) is 10.6 Å². The molecule has 0 heterocycles. The maximum atomic E-state index is 14.3. The van der Waals surface area contributed by atoms with Crippen LogP contribution in [0.2, 0.25) is 0 Å². The zero-order valence-electron chi connectivity index (χ0n) is 18.0. The molecule has 162 valence electrons. The normalized spacial score (nSPS) is 14.8. The molecule has 0 bridgehead atoms. The van der Waals surface area contributed by atoms with E-state index in [0.29, 0.717) is 36.3 Å². The number of hydrogen-bond acceptors (Lipinski definition) is 4. The SMILES string of the molecule is CCNC(=NCc1cc(OC)c(OC)c(OC)c1)NCC1(c2ccccc2F)CC1. The average molecular weight is 416 g/mol. The van der Waals surface area contributed by atoms with E-state index in [1.54, 1.807) is 27.4 Å². The molecule has 0 unspecified atom stereocenters. The minimum Gasteiger partial charge on any atom is -0.493 e. The summed E-state index contributed by atoms with van der Waals surface area (Å²) >= 11 is 0. The van der Waals surface area contributed by atoms with Gasteiger partial charge in [0.15, 0.2) is 17.5 Å². The Morgan fingerprint density at radius 2 is 1.70 bits per heavy atom. The zero-order chi connectivity index (χ0) is 21.6. The van der Waals surface area contributed by atoms with Crippen LogP contribution in [0.4, 0.5) is 4.39 Å². The van der Waals surface area contributed by atoms with Crippen LogP contribution in [-0.4, -0.2) is 40.4 Å². The van der Waals surface area contributed by atoms with Gasteiger partial charge >= 0.3 is 0 Å². The lowest BCUT2D eigenvalue weighted by atomic mass is 9.95. The van der Waals surface area contributed by atoms with Crippen LogP contribution in [0.5, 0.6) is 17.2 Å². The molecule has 1 aliphatic rings. The van der Waals surface area contributed by atoms with Crippen molar-refractivity contribution in [2.45, 2.75) is 31.7 Å². The highest BCUT2D eigenvalue weighted by molar-refractivity contribution is 5.80. The molecule has 2 N–H and O–H groups in total. The third-order valence-corrected chi connectivity index (χ3v) is 5.38. The Bertz CT molecular complexity index is 872. The van der Waals surface area contributed by atoms with Gasteiger partial charge in [0.2, 0.25) is 5.75 Å². The molecule has 2 aromatic carbocycles. The largest absolute Gasteiger partial charge is 0.493 e. The van der Waals surface area contributed by atoms with Crippen molar-refractivity contribution >= 4 is 5.96 Å². The highest BCUT2D eigenvalue weighted by Gasteiger charge is 2.45. The quantitative estimate of drug-likeness (QED) is 0.484. The number of hydrogen-bond donors (Lipinski definition) is 2. The Labute approximate surface area is 177 Å². The minimum atomic E-state index is -0.159. The van der Waals surface area contributed by atoms with E-state index in [9.17, 15) is 4.39 Å². The van der Waals surface area contributed by atoms with Crippen LogP contribution >= 0.6 is 0 Å². The highest BCUT2D eigenvalue weighted by atomic mass is 19.1. The van der Waals surface area contributed by atoms with Gasteiger partial charge in [0, 0.05) is 18.5 Å². The van der Waals surface area contributed by atoms with Gasteiger partial charge in [0.25, 0.3) is 0 Å². The van der Waals surface area contributed by atoms with Gasteiger partial charge in [-0.2, -0.15) is 0 Å². The summed E-state index contributed by atoms with van der Waals surface area (Å²) < 4.78 is 30.5. The van der Waals surface area contributed by atoms with E-state index in [1.165, 1.54) is 6.07 Å². The predicted octanol–water partition coefficient (Wildman–Crippen LogP) is 3.64. The van der Waals surface area contributed by atoms with Gasteiger partial charge in [0.05, 0.1) is 27.9 Å². The van der Waals surface area contributed by atoms with Crippen molar-refractivity contribution < 1.29 is 18.6 Å². The number of ether oxygens (including phenoxy) is 3. The number of rotatable bonds is 9. The fourth-order valence-corrected chi connectivity index (χ4v) is 3.58. The Morgan fingerprint density at radius 1 is 1.03 bits per heavy atom. The van der Waals surface area contributed by atoms with E-state index < -0.39 is 0 Å². The molecular weight excluding hydrogens is 385 g/mol. The van der Waals surface area contributed by atoms with Crippen molar-refractivity contribution in [2.24, 2.45) is 4.99 Å². The molecule has 1 aliphatic carbocycles. The van der Waals surface area contributed by atoms with E-state index in [0.717, 1.165) is 30.5 Å². The number of aliphatic imine (C=N–C) groups is 1. The molecule has 7 heteroatoms. The zero-order valence-corrected chi connectivity index (χ0v) is 18.0. The molecule has 0 amide bonds. The number of nitrogens with zero attached hydrogens (tertiary/aromatic N) is 1. The maximum Gasteiger partial charge on any atom is 0.203 e. The van der Waals surface area contributed by atoms with Crippen molar-refractivity contribution in [3.05, 3.63) is 53.3 Å². The van der Waals surface area contributed by atoms with Crippen molar-refractivity contribution in [3.8, 4) is 17.2 Å². The molecule has 0 radical (unpaired) electrons. The summed E-state index contributed by atoms with van der Waals surface area (Å²) in [6.07, 6.45) is 1.93. The molecular formula is C23H30FN3O3. The first-order chi connectivity index (χ1) is 14.6. The molecule has 2 aromatic rings. The summed E-state index contributed by atoms with van der Waals surface area (Å²) in [6.45, 7) is 3.81. The lowest BCUT2D eigenvalue weighted by Gasteiger charge is -2.19. The molecule has 0 saturated heterocycles. The second kappa shape index (κ2) is 9.69. The number of benzene rings is 2. The van der Waals surface area contributed by atoms with Crippen molar-refractivity contribution in [2.75, 3.05) is 34.4 Å². The Kier molecular flexibility index (Phi) is 7.03. The second-order valence-electron chi connectivity index (χ2n) is 7.34. The lowest BCUT2D eigenvalue weighted by molar-refractivity contribution is 0.324. The molecule has 30 heavy (non-hydrogen) atoms. The van der Waals surface area contributed by atoms with E-state index in [4.69, 9.17) is 14.2 Å². The maximum absolute atomic E-state index is 14.3. The number of nitrogens with one attached hydrogen (secondary N) is 2. The predicted molar refractivity (Wildman–Crippen MR) is 116 cm³/mol. The van der Waals surface area contributed by atoms with Crippen LogP contribution in [0.3, 0.4) is 0 Å². The Balaban J connectivity index is 1.73. The van der Waals surface area contributed by atoms with E-state index in [2.05, 4.69) is 15.6 Å². The monoisotopic (exact) mass is 415 g/mol. The molecule has 1 saturated carbocycles. The van der Waals surface area contributed by atoms with Gasteiger partial charge in [0.1, 0.15) is 5.82 Å². The Hall–Kier alpha value is -2.96. The summed E-state index contributed by atoms with van der Waals surface area (Å²) in [5, 5.41) is 6.64. The molecule has 1 fully saturated rings. The first kappa shape index (κ1) is 21.7. The van der Waals surface area contributed by atoms with Crippen LogP contribution in [0.25, 0.3) is 0 Å². The van der Waals surface area contributed by atoms with Crippen LogP contribution in [0, 0.1) is 5.82 Å². The minimum absolute atomic E-state index is 0.142. The molecule has 6 nitrogen and oxygen atoms in total. The summed E-state index contributed by atoms with van der Waals surface area (Å²) in [4.78, 5) is 4.69.